The lowest BCUT2D eigenvalue weighted by molar-refractivity contribution is -0.614. The number of aromatic nitrogens is 2. The quantitative estimate of drug-likeness (QED) is 0.564. The predicted molar refractivity (Wildman–Crippen MR) is 98.2 cm³/mol. The molecule has 2 heterocycles. The Morgan fingerprint density at radius 3 is 2.88 bits per heavy atom. The number of amides is 1. The van der Waals surface area contributed by atoms with Gasteiger partial charge in [0, 0.05) is 23.1 Å². The van der Waals surface area contributed by atoms with Gasteiger partial charge >= 0.3 is 0 Å². The Kier molecular flexibility index (Phi) is 5.09. The number of carbonyl (C=O) groups is 1. The van der Waals surface area contributed by atoms with Crippen LogP contribution < -0.4 is 10.0 Å². The van der Waals surface area contributed by atoms with Gasteiger partial charge in [0.2, 0.25) is 5.69 Å². The van der Waals surface area contributed by atoms with E-state index in [1.165, 1.54) is 23.1 Å². The molecule has 0 saturated carbocycles. The van der Waals surface area contributed by atoms with Gasteiger partial charge in [-0.1, -0.05) is 32.0 Å². The molecule has 0 aliphatic carbocycles. The lowest BCUT2D eigenvalue weighted by Gasteiger charge is -2.06. The van der Waals surface area contributed by atoms with E-state index in [0.29, 0.717) is 17.3 Å². The summed E-state index contributed by atoms with van der Waals surface area (Å²) in [5.74, 6) is 0.152. The lowest BCUT2D eigenvalue weighted by Crippen LogP contribution is -2.35. The lowest BCUT2D eigenvalue weighted by atomic mass is 10.0. The third-order valence-corrected chi connectivity index (χ3v) is 4.76. The van der Waals surface area contributed by atoms with E-state index in [1.807, 2.05) is 12.1 Å². The average molecular weight is 353 g/mol. The van der Waals surface area contributed by atoms with Crippen molar-refractivity contribution in [2.45, 2.75) is 26.3 Å². The molecule has 0 spiro atoms. The highest BCUT2D eigenvalue weighted by atomic mass is 32.1. The predicted octanol–water partition coefficient (Wildman–Crippen LogP) is 3.50. The topological polar surface area (TPSA) is 68.9 Å². The molecular formula is C19H19N3O2S. The zero-order valence-electron chi connectivity index (χ0n) is 14.1. The first-order valence-electron chi connectivity index (χ1n) is 8.05. The highest BCUT2D eigenvalue weighted by Gasteiger charge is 2.14. The summed E-state index contributed by atoms with van der Waals surface area (Å²) in [4.78, 5) is 16.7. The average Bonchev–Trinajstić information content (AvgIpc) is 3.11. The molecule has 0 bridgehead atoms. The third kappa shape index (κ3) is 4.03. The Hall–Kier alpha value is -2.73. The SMILES string of the molecule is CC(C)c1cccc(-c2nc(C(=O)NCc3cccc[n+]3[O-])cs2)c1. The minimum atomic E-state index is -0.286. The fourth-order valence-corrected chi connectivity index (χ4v) is 3.20. The van der Waals surface area contributed by atoms with E-state index in [0.717, 1.165) is 15.3 Å². The van der Waals surface area contributed by atoms with Crippen molar-refractivity contribution in [3.8, 4) is 10.6 Å². The Morgan fingerprint density at radius 1 is 1.28 bits per heavy atom. The van der Waals surface area contributed by atoms with Crippen molar-refractivity contribution >= 4 is 17.2 Å². The van der Waals surface area contributed by atoms with Crippen LogP contribution in [0.4, 0.5) is 0 Å². The van der Waals surface area contributed by atoms with Crippen molar-refractivity contribution in [2.24, 2.45) is 0 Å². The van der Waals surface area contributed by atoms with Crippen molar-refractivity contribution in [1.29, 1.82) is 0 Å². The second kappa shape index (κ2) is 7.44. The van der Waals surface area contributed by atoms with Crippen molar-refractivity contribution in [3.63, 3.8) is 0 Å². The van der Waals surface area contributed by atoms with Gasteiger partial charge in [0.1, 0.15) is 17.2 Å². The van der Waals surface area contributed by atoms with Crippen LogP contribution in [0.1, 0.15) is 41.5 Å². The Bertz CT molecular complexity index is 890. The third-order valence-electron chi connectivity index (χ3n) is 3.87. The van der Waals surface area contributed by atoms with Gasteiger partial charge in [0.05, 0.1) is 0 Å². The molecule has 0 saturated heterocycles. The largest absolute Gasteiger partial charge is 0.618 e. The fourth-order valence-electron chi connectivity index (χ4n) is 2.40. The van der Waals surface area contributed by atoms with Gasteiger partial charge in [-0.25, -0.2) is 4.98 Å². The molecule has 1 aromatic carbocycles. The smallest absolute Gasteiger partial charge is 0.271 e. The van der Waals surface area contributed by atoms with E-state index in [1.54, 1.807) is 23.6 Å². The van der Waals surface area contributed by atoms with Crippen molar-refractivity contribution in [3.05, 3.63) is 76.2 Å². The van der Waals surface area contributed by atoms with E-state index in [4.69, 9.17) is 0 Å². The van der Waals surface area contributed by atoms with E-state index < -0.39 is 0 Å². The molecule has 2 aromatic heterocycles. The summed E-state index contributed by atoms with van der Waals surface area (Å²) >= 11 is 1.44. The molecule has 0 atom stereocenters. The minimum absolute atomic E-state index is 0.166. The molecule has 0 fully saturated rings. The zero-order chi connectivity index (χ0) is 17.8. The second-order valence-electron chi connectivity index (χ2n) is 6.02. The molecule has 0 radical (unpaired) electrons. The highest BCUT2D eigenvalue weighted by molar-refractivity contribution is 7.13. The normalized spacial score (nSPS) is 10.8. The maximum atomic E-state index is 12.3. The zero-order valence-corrected chi connectivity index (χ0v) is 14.9. The summed E-state index contributed by atoms with van der Waals surface area (Å²) in [6.45, 7) is 4.45. The maximum absolute atomic E-state index is 12.3. The summed E-state index contributed by atoms with van der Waals surface area (Å²) < 4.78 is 0.740. The summed E-state index contributed by atoms with van der Waals surface area (Å²) in [6, 6.07) is 13.3. The van der Waals surface area contributed by atoms with E-state index in [-0.39, 0.29) is 12.5 Å². The maximum Gasteiger partial charge on any atom is 0.271 e. The Labute approximate surface area is 150 Å². The van der Waals surface area contributed by atoms with Crippen LogP contribution in [0.5, 0.6) is 0 Å². The number of nitrogens with one attached hydrogen (secondary N) is 1. The van der Waals surface area contributed by atoms with Crippen molar-refractivity contribution < 1.29 is 9.52 Å². The molecule has 1 N–H and O–H groups in total. The molecule has 0 aliphatic rings. The van der Waals surface area contributed by atoms with E-state index in [9.17, 15) is 10.0 Å². The Balaban J connectivity index is 1.71. The summed E-state index contributed by atoms with van der Waals surface area (Å²) in [5.41, 5.74) is 3.10. The summed E-state index contributed by atoms with van der Waals surface area (Å²) in [7, 11) is 0. The van der Waals surface area contributed by atoms with Crippen molar-refractivity contribution in [2.75, 3.05) is 0 Å². The summed E-state index contributed by atoms with van der Waals surface area (Å²) in [6.07, 6.45) is 1.41. The van der Waals surface area contributed by atoms with Gasteiger partial charge in [-0.05, 0) is 23.6 Å². The molecule has 5 nitrogen and oxygen atoms in total. The number of carbonyl (C=O) groups excluding carboxylic acids is 1. The van der Waals surface area contributed by atoms with Gasteiger partial charge in [0.15, 0.2) is 6.20 Å². The highest BCUT2D eigenvalue weighted by Crippen LogP contribution is 2.26. The summed E-state index contributed by atoms with van der Waals surface area (Å²) in [5, 5.41) is 16.9. The van der Waals surface area contributed by atoms with Crippen LogP contribution in [-0.2, 0) is 6.54 Å². The minimum Gasteiger partial charge on any atom is -0.618 e. The fraction of sp³-hybridized carbons (Fsp3) is 0.211. The molecule has 0 unspecified atom stereocenters. The van der Waals surface area contributed by atoms with E-state index in [2.05, 4.69) is 36.3 Å². The number of rotatable bonds is 5. The second-order valence-corrected chi connectivity index (χ2v) is 6.88. The molecule has 1 amide bonds. The molecule has 0 aliphatic heterocycles. The molecule has 6 heteroatoms. The first-order valence-corrected chi connectivity index (χ1v) is 8.93. The molecular weight excluding hydrogens is 334 g/mol. The van der Waals surface area contributed by atoms with Crippen molar-refractivity contribution in [1.82, 2.24) is 10.3 Å². The van der Waals surface area contributed by atoms with Gasteiger partial charge in [-0.3, -0.25) is 4.79 Å². The monoisotopic (exact) mass is 353 g/mol. The molecule has 25 heavy (non-hydrogen) atoms. The molecule has 128 valence electrons. The number of nitrogens with zero attached hydrogens (tertiary/aromatic N) is 2. The van der Waals surface area contributed by atoms with Crippen LogP contribution in [0.2, 0.25) is 0 Å². The Morgan fingerprint density at radius 2 is 2.12 bits per heavy atom. The number of hydrogen-bond donors (Lipinski definition) is 1. The first kappa shape index (κ1) is 17.1. The number of benzene rings is 1. The number of thiazole rings is 1. The number of hydrogen-bond acceptors (Lipinski definition) is 4. The number of pyridine rings is 1. The van der Waals surface area contributed by atoms with E-state index >= 15 is 0 Å². The van der Waals surface area contributed by atoms with Gasteiger partial charge in [0.25, 0.3) is 5.91 Å². The van der Waals surface area contributed by atoms with Crippen LogP contribution in [0, 0.1) is 5.21 Å². The van der Waals surface area contributed by atoms with Crippen LogP contribution in [-0.4, -0.2) is 10.9 Å². The van der Waals surface area contributed by atoms with Gasteiger partial charge in [-0.2, -0.15) is 4.73 Å². The molecule has 3 aromatic rings. The van der Waals surface area contributed by atoms with Crippen LogP contribution in [0.25, 0.3) is 10.6 Å². The van der Waals surface area contributed by atoms with Crippen LogP contribution in [0.15, 0.2) is 54.0 Å². The molecule has 3 rings (SSSR count). The van der Waals surface area contributed by atoms with Crippen LogP contribution in [0.3, 0.4) is 0 Å². The van der Waals surface area contributed by atoms with Crippen LogP contribution >= 0.6 is 11.3 Å². The van der Waals surface area contributed by atoms with Gasteiger partial charge < -0.3 is 10.5 Å². The first-order chi connectivity index (χ1) is 12.0. The van der Waals surface area contributed by atoms with Gasteiger partial charge in [-0.15, -0.1) is 11.3 Å². The standard InChI is InChI=1S/C19H19N3O2S/c1-13(2)14-6-5-7-15(10-14)19-21-17(12-25-19)18(23)20-11-16-8-3-4-9-22(16)24/h3-10,12-13H,11H2,1-2H3,(H,20,23).